The highest BCUT2D eigenvalue weighted by Crippen LogP contribution is 2.12. The van der Waals surface area contributed by atoms with E-state index in [1.165, 1.54) is 0 Å². The lowest BCUT2D eigenvalue weighted by atomic mass is 10.2. The van der Waals surface area contributed by atoms with Gasteiger partial charge >= 0.3 is 5.97 Å². The SMILES string of the molecule is CN(C)CCOc1ccc(CNC(=O)CCC(=O)O)cc1. The standard InChI is InChI=1S/C15H22N2O4/c1-17(2)9-10-21-13-5-3-12(4-6-13)11-16-14(18)7-8-15(19)20/h3-6H,7-11H2,1-2H3,(H,16,18)(H,19,20). The number of carboxylic acids is 1. The van der Waals surface area contributed by atoms with E-state index < -0.39 is 5.97 Å². The maximum atomic E-state index is 11.4. The molecule has 1 amide bonds. The van der Waals surface area contributed by atoms with Crippen molar-refractivity contribution in [2.45, 2.75) is 19.4 Å². The molecule has 0 aromatic heterocycles. The van der Waals surface area contributed by atoms with Gasteiger partial charge in [-0.25, -0.2) is 0 Å². The molecule has 0 aliphatic carbocycles. The molecule has 0 saturated heterocycles. The third-order valence-electron chi connectivity index (χ3n) is 2.79. The summed E-state index contributed by atoms with van der Waals surface area (Å²) in [6, 6.07) is 7.47. The Hall–Kier alpha value is -2.08. The average Bonchev–Trinajstić information content (AvgIpc) is 2.44. The number of hydrogen-bond acceptors (Lipinski definition) is 4. The van der Waals surface area contributed by atoms with Gasteiger partial charge in [-0.2, -0.15) is 0 Å². The van der Waals surface area contributed by atoms with E-state index in [4.69, 9.17) is 9.84 Å². The Balaban J connectivity index is 2.30. The summed E-state index contributed by atoms with van der Waals surface area (Å²) in [5, 5.41) is 11.2. The molecule has 0 fully saturated rings. The molecule has 6 nitrogen and oxygen atoms in total. The van der Waals surface area contributed by atoms with E-state index in [0.717, 1.165) is 17.9 Å². The van der Waals surface area contributed by atoms with Gasteiger partial charge in [0.2, 0.25) is 5.91 Å². The molecule has 0 saturated carbocycles. The fourth-order valence-electron chi connectivity index (χ4n) is 1.56. The van der Waals surface area contributed by atoms with Gasteiger partial charge in [0, 0.05) is 19.5 Å². The molecule has 116 valence electrons. The zero-order valence-corrected chi connectivity index (χ0v) is 12.5. The van der Waals surface area contributed by atoms with Crippen LogP contribution in [0, 0.1) is 0 Å². The monoisotopic (exact) mass is 294 g/mol. The van der Waals surface area contributed by atoms with Crippen molar-refractivity contribution in [3.63, 3.8) is 0 Å². The third-order valence-corrected chi connectivity index (χ3v) is 2.79. The highest BCUT2D eigenvalue weighted by molar-refractivity contribution is 5.80. The Morgan fingerprint density at radius 2 is 1.86 bits per heavy atom. The average molecular weight is 294 g/mol. The predicted molar refractivity (Wildman–Crippen MR) is 79.2 cm³/mol. The Labute approximate surface area is 124 Å². The van der Waals surface area contributed by atoms with Crippen molar-refractivity contribution in [2.75, 3.05) is 27.2 Å². The number of amides is 1. The van der Waals surface area contributed by atoms with E-state index in [1.807, 2.05) is 43.3 Å². The molecule has 0 spiro atoms. The Morgan fingerprint density at radius 3 is 2.43 bits per heavy atom. The maximum absolute atomic E-state index is 11.4. The van der Waals surface area contributed by atoms with E-state index in [9.17, 15) is 9.59 Å². The van der Waals surface area contributed by atoms with Crippen LogP contribution in [0.15, 0.2) is 24.3 Å². The number of nitrogens with one attached hydrogen (secondary N) is 1. The van der Waals surface area contributed by atoms with Gasteiger partial charge in [-0.15, -0.1) is 0 Å². The molecule has 1 rings (SSSR count). The first kappa shape index (κ1) is 17.0. The van der Waals surface area contributed by atoms with Crippen LogP contribution in [-0.4, -0.2) is 49.1 Å². The summed E-state index contributed by atoms with van der Waals surface area (Å²) < 4.78 is 5.57. The van der Waals surface area contributed by atoms with Gasteiger partial charge in [0.25, 0.3) is 0 Å². The third kappa shape index (κ3) is 7.94. The van der Waals surface area contributed by atoms with Crippen molar-refractivity contribution < 1.29 is 19.4 Å². The second-order valence-corrected chi connectivity index (χ2v) is 4.97. The summed E-state index contributed by atoms with van der Waals surface area (Å²) in [4.78, 5) is 23.8. The number of rotatable bonds is 9. The molecule has 0 atom stereocenters. The van der Waals surface area contributed by atoms with Crippen molar-refractivity contribution in [1.82, 2.24) is 10.2 Å². The Morgan fingerprint density at radius 1 is 1.19 bits per heavy atom. The number of hydrogen-bond donors (Lipinski definition) is 2. The minimum absolute atomic E-state index is 0.00106. The number of nitrogens with zero attached hydrogens (tertiary/aromatic N) is 1. The molecule has 0 aliphatic heterocycles. The van der Waals surface area contributed by atoms with Crippen molar-refractivity contribution >= 4 is 11.9 Å². The van der Waals surface area contributed by atoms with E-state index in [2.05, 4.69) is 5.32 Å². The molecule has 0 heterocycles. The van der Waals surface area contributed by atoms with Crippen LogP contribution in [0.5, 0.6) is 5.75 Å². The number of carboxylic acid groups (broad SMARTS) is 1. The van der Waals surface area contributed by atoms with E-state index in [1.54, 1.807) is 0 Å². The molecule has 0 bridgehead atoms. The lowest BCUT2D eigenvalue weighted by Gasteiger charge is -2.11. The first-order valence-corrected chi connectivity index (χ1v) is 6.82. The van der Waals surface area contributed by atoms with Gasteiger partial charge in [-0.1, -0.05) is 12.1 Å². The van der Waals surface area contributed by atoms with Crippen LogP contribution in [0.3, 0.4) is 0 Å². The smallest absolute Gasteiger partial charge is 0.303 e. The zero-order valence-electron chi connectivity index (χ0n) is 12.5. The summed E-state index contributed by atoms with van der Waals surface area (Å²) in [7, 11) is 3.97. The first-order chi connectivity index (χ1) is 9.97. The van der Waals surface area contributed by atoms with Gasteiger partial charge in [-0.05, 0) is 31.8 Å². The van der Waals surface area contributed by atoms with Crippen LogP contribution in [0.25, 0.3) is 0 Å². The van der Waals surface area contributed by atoms with Crippen LogP contribution in [0.2, 0.25) is 0 Å². The van der Waals surface area contributed by atoms with Crippen molar-refractivity contribution in [1.29, 1.82) is 0 Å². The van der Waals surface area contributed by atoms with Crippen molar-refractivity contribution in [3.05, 3.63) is 29.8 Å². The highest BCUT2D eigenvalue weighted by atomic mass is 16.5. The largest absolute Gasteiger partial charge is 0.492 e. The zero-order chi connectivity index (χ0) is 15.7. The van der Waals surface area contributed by atoms with Crippen molar-refractivity contribution in [3.8, 4) is 5.75 Å². The van der Waals surface area contributed by atoms with Gasteiger partial charge in [0.1, 0.15) is 12.4 Å². The molecule has 6 heteroatoms. The molecule has 21 heavy (non-hydrogen) atoms. The van der Waals surface area contributed by atoms with E-state index >= 15 is 0 Å². The number of aliphatic carboxylic acids is 1. The summed E-state index contributed by atoms with van der Waals surface area (Å²) in [6.45, 7) is 1.86. The number of benzene rings is 1. The van der Waals surface area contributed by atoms with E-state index in [-0.39, 0.29) is 18.7 Å². The fraction of sp³-hybridized carbons (Fsp3) is 0.467. The van der Waals surface area contributed by atoms with Gasteiger partial charge in [-0.3, -0.25) is 9.59 Å². The normalized spacial score (nSPS) is 10.4. The van der Waals surface area contributed by atoms with Crippen LogP contribution in [-0.2, 0) is 16.1 Å². The number of ether oxygens (including phenoxy) is 1. The van der Waals surface area contributed by atoms with Crippen molar-refractivity contribution in [2.24, 2.45) is 0 Å². The quantitative estimate of drug-likeness (QED) is 0.713. The number of carbonyl (C=O) groups is 2. The molecule has 0 radical (unpaired) electrons. The van der Waals surface area contributed by atoms with E-state index in [0.29, 0.717) is 13.2 Å². The van der Waals surface area contributed by atoms with Gasteiger partial charge in [0.15, 0.2) is 0 Å². The van der Waals surface area contributed by atoms with Crippen LogP contribution < -0.4 is 10.1 Å². The Bertz CT molecular complexity index is 457. The number of carbonyl (C=O) groups excluding carboxylic acids is 1. The molecule has 1 aromatic rings. The number of likely N-dealkylation sites (N-methyl/N-ethyl adjacent to an activating group) is 1. The van der Waals surface area contributed by atoms with Gasteiger partial charge in [0.05, 0.1) is 6.42 Å². The molecular weight excluding hydrogens is 272 g/mol. The van der Waals surface area contributed by atoms with Crippen LogP contribution in [0.1, 0.15) is 18.4 Å². The summed E-state index contributed by atoms with van der Waals surface area (Å²) >= 11 is 0. The van der Waals surface area contributed by atoms with Crippen LogP contribution in [0.4, 0.5) is 0 Å². The molecule has 0 aliphatic rings. The molecule has 1 aromatic carbocycles. The first-order valence-electron chi connectivity index (χ1n) is 6.82. The highest BCUT2D eigenvalue weighted by Gasteiger charge is 2.05. The minimum Gasteiger partial charge on any atom is -0.492 e. The lowest BCUT2D eigenvalue weighted by Crippen LogP contribution is -2.23. The molecule has 2 N–H and O–H groups in total. The van der Waals surface area contributed by atoms with Crippen LogP contribution >= 0.6 is 0 Å². The summed E-state index contributed by atoms with van der Waals surface area (Å²) in [5.41, 5.74) is 0.943. The lowest BCUT2D eigenvalue weighted by molar-refractivity contribution is -0.138. The predicted octanol–water partition coefficient (Wildman–Crippen LogP) is 1.11. The Kier molecular flexibility index (Phi) is 7.25. The maximum Gasteiger partial charge on any atom is 0.303 e. The topological polar surface area (TPSA) is 78.9 Å². The second kappa shape index (κ2) is 8.97. The summed E-state index contributed by atoms with van der Waals surface area (Å²) in [6.07, 6.45) is -0.147. The molecule has 0 unspecified atom stereocenters. The fourth-order valence-corrected chi connectivity index (χ4v) is 1.56. The molecular formula is C15H22N2O4. The minimum atomic E-state index is -0.968. The summed E-state index contributed by atoms with van der Waals surface area (Å²) in [5.74, 6) is -0.439. The van der Waals surface area contributed by atoms with Gasteiger partial charge < -0.3 is 20.1 Å². The second-order valence-electron chi connectivity index (χ2n) is 4.97.